The van der Waals surface area contributed by atoms with Crippen molar-refractivity contribution in [3.05, 3.63) is 47.6 Å². The maximum Gasteiger partial charge on any atom is 0.257 e. The first-order chi connectivity index (χ1) is 17.8. The van der Waals surface area contributed by atoms with E-state index in [-0.39, 0.29) is 11.8 Å². The number of hydrogen-bond donors (Lipinski definition) is 1. The van der Waals surface area contributed by atoms with Gasteiger partial charge in [0.05, 0.1) is 47.0 Å². The van der Waals surface area contributed by atoms with Crippen LogP contribution in [0.2, 0.25) is 0 Å². The third-order valence-corrected chi connectivity index (χ3v) is 7.63. The lowest BCUT2D eigenvalue weighted by atomic mass is 10.0. The first-order valence-electron chi connectivity index (χ1n) is 12.6. The number of likely N-dealkylation sites (N-methyl/N-ethyl adjacent to an activating group) is 2. The molecular formula is C28H35N5O3S. The molecule has 8 nitrogen and oxygen atoms in total. The van der Waals surface area contributed by atoms with E-state index in [0.717, 1.165) is 41.2 Å². The molecule has 37 heavy (non-hydrogen) atoms. The van der Waals surface area contributed by atoms with Crippen LogP contribution in [0.3, 0.4) is 0 Å². The first kappa shape index (κ1) is 26.8. The van der Waals surface area contributed by atoms with Gasteiger partial charge in [-0.1, -0.05) is 18.9 Å². The molecule has 0 atom stereocenters. The molecule has 2 amide bonds. The van der Waals surface area contributed by atoms with Crippen molar-refractivity contribution in [3.63, 3.8) is 0 Å². The van der Waals surface area contributed by atoms with E-state index < -0.39 is 0 Å². The van der Waals surface area contributed by atoms with E-state index >= 15 is 0 Å². The molecule has 196 valence electrons. The first-order valence-corrected chi connectivity index (χ1v) is 13.5. The highest BCUT2D eigenvalue weighted by molar-refractivity contribution is 7.14. The zero-order chi connectivity index (χ0) is 26.4. The van der Waals surface area contributed by atoms with Crippen molar-refractivity contribution in [2.45, 2.75) is 32.1 Å². The monoisotopic (exact) mass is 521 g/mol. The van der Waals surface area contributed by atoms with Gasteiger partial charge in [-0.25, -0.2) is 4.98 Å². The smallest absolute Gasteiger partial charge is 0.257 e. The number of thiophene rings is 1. The number of anilines is 1. The fourth-order valence-corrected chi connectivity index (χ4v) is 5.33. The number of ether oxygens (including phenoxy) is 1. The number of hydrogen-bond acceptors (Lipinski definition) is 7. The molecule has 0 unspecified atom stereocenters. The summed E-state index contributed by atoms with van der Waals surface area (Å²) >= 11 is 1.52. The van der Waals surface area contributed by atoms with Crippen LogP contribution >= 0.6 is 11.3 Å². The van der Waals surface area contributed by atoms with Crippen LogP contribution in [0, 0.1) is 5.92 Å². The summed E-state index contributed by atoms with van der Waals surface area (Å²) in [5.41, 5.74) is 3.50. The van der Waals surface area contributed by atoms with Crippen molar-refractivity contribution in [1.82, 2.24) is 19.8 Å². The van der Waals surface area contributed by atoms with E-state index in [9.17, 15) is 9.59 Å². The topological polar surface area (TPSA) is 87.7 Å². The molecule has 0 saturated heterocycles. The van der Waals surface area contributed by atoms with Gasteiger partial charge in [-0.05, 0) is 51.1 Å². The lowest BCUT2D eigenvalue weighted by Gasteiger charge is -2.21. The molecule has 1 fully saturated rings. The van der Waals surface area contributed by atoms with Crippen LogP contribution in [0.5, 0.6) is 5.75 Å². The third kappa shape index (κ3) is 6.93. The molecule has 9 heteroatoms. The van der Waals surface area contributed by atoms with Gasteiger partial charge in [0, 0.05) is 37.5 Å². The molecule has 1 aliphatic rings. The Morgan fingerprint density at radius 2 is 1.84 bits per heavy atom. The van der Waals surface area contributed by atoms with Gasteiger partial charge >= 0.3 is 0 Å². The Bertz CT molecular complexity index is 1240. The molecule has 0 spiro atoms. The molecule has 1 aromatic carbocycles. The van der Waals surface area contributed by atoms with Crippen LogP contribution in [-0.4, -0.2) is 72.9 Å². The molecule has 2 aromatic heterocycles. The summed E-state index contributed by atoms with van der Waals surface area (Å²) < 4.78 is 5.56. The molecule has 1 N–H and O–H groups in total. The van der Waals surface area contributed by atoms with Gasteiger partial charge in [0.25, 0.3) is 5.91 Å². The highest BCUT2D eigenvalue weighted by Gasteiger charge is 2.20. The van der Waals surface area contributed by atoms with Crippen molar-refractivity contribution in [3.8, 4) is 27.6 Å². The van der Waals surface area contributed by atoms with Crippen molar-refractivity contribution in [1.29, 1.82) is 0 Å². The summed E-state index contributed by atoms with van der Waals surface area (Å²) in [6.07, 6.45) is 8.76. The molecule has 1 saturated carbocycles. The maximum atomic E-state index is 13.0. The number of methoxy groups -OCH3 is 1. The number of aromatic nitrogens is 2. The van der Waals surface area contributed by atoms with Crippen molar-refractivity contribution < 1.29 is 14.3 Å². The van der Waals surface area contributed by atoms with Gasteiger partial charge in [0.1, 0.15) is 5.75 Å². The Morgan fingerprint density at radius 1 is 1.08 bits per heavy atom. The number of benzene rings is 1. The van der Waals surface area contributed by atoms with Gasteiger partial charge < -0.3 is 19.9 Å². The van der Waals surface area contributed by atoms with E-state index in [1.165, 1.54) is 24.2 Å². The fourth-order valence-electron chi connectivity index (χ4n) is 4.53. The number of amides is 2. The molecule has 0 radical (unpaired) electrons. The van der Waals surface area contributed by atoms with Crippen molar-refractivity contribution >= 4 is 28.8 Å². The number of carbonyl (C=O) groups is 2. The van der Waals surface area contributed by atoms with Gasteiger partial charge in [-0.3, -0.25) is 14.6 Å². The summed E-state index contributed by atoms with van der Waals surface area (Å²) in [5.74, 6) is 0.990. The highest BCUT2D eigenvalue weighted by Crippen LogP contribution is 2.32. The highest BCUT2D eigenvalue weighted by atomic mass is 32.1. The average molecular weight is 522 g/mol. The quantitative estimate of drug-likeness (QED) is 0.403. The predicted molar refractivity (Wildman–Crippen MR) is 148 cm³/mol. The molecule has 0 aliphatic heterocycles. The van der Waals surface area contributed by atoms with Gasteiger partial charge in [0.2, 0.25) is 5.91 Å². The van der Waals surface area contributed by atoms with E-state index in [1.54, 1.807) is 37.5 Å². The minimum absolute atomic E-state index is 0.0742. The van der Waals surface area contributed by atoms with Crippen molar-refractivity contribution in [2.24, 2.45) is 5.92 Å². The van der Waals surface area contributed by atoms with E-state index in [0.29, 0.717) is 35.9 Å². The Labute approximate surface area is 222 Å². The maximum absolute atomic E-state index is 13.0. The summed E-state index contributed by atoms with van der Waals surface area (Å²) in [5, 5.41) is 4.97. The predicted octanol–water partition coefficient (Wildman–Crippen LogP) is 5.03. The molecule has 1 aliphatic carbocycles. The molecule has 2 heterocycles. The molecule has 4 rings (SSSR count). The molecular weight excluding hydrogens is 486 g/mol. The lowest BCUT2D eigenvalue weighted by molar-refractivity contribution is -0.117. The Balaban J connectivity index is 1.48. The summed E-state index contributed by atoms with van der Waals surface area (Å²) in [4.78, 5) is 39.2. The normalized spacial score (nSPS) is 13.6. The SMILES string of the molecule is COc1cc(-c2cncc(-c3cc(NC(=O)CC4CCCC4)cs3)n2)ccc1C(=O)N(C)CCN(C)C. The van der Waals surface area contributed by atoms with E-state index in [4.69, 9.17) is 9.72 Å². The molecule has 3 aromatic rings. The van der Waals surface area contributed by atoms with Crippen LogP contribution < -0.4 is 10.1 Å². The van der Waals surface area contributed by atoms with Crippen LogP contribution in [-0.2, 0) is 4.79 Å². The van der Waals surface area contributed by atoms with Gasteiger partial charge in [0.15, 0.2) is 0 Å². The van der Waals surface area contributed by atoms with Crippen molar-refractivity contribution in [2.75, 3.05) is 46.7 Å². The second-order valence-corrected chi connectivity index (χ2v) is 10.7. The average Bonchev–Trinajstić information content (AvgIpc) is 3.59. The second kappa shape index (κ2) is 12.3. The van der Waals surface area contributed by atoms with Crippen LogP contribution in [0.15, 0.2) is 42.0 Å². The number of carbonyl (C=O) groups excluding carboxylic acids is 2. The number of nitrogens with zero attached hydrogens (tertiary/aromatic N) is 4. The second-order valence-electron chi connectivity index (χ2n) is 9.84. The fraction of sp³-hybridized carbons (Fsp3) is 0.429. The lowest BCUT2D eigenvalue weighted by Crippen LogP contribution is -2.33. The molecule has 0 bridgehead atoms. The largest absolute Gasteiger partial charge is 0.496 e. The van der Waals surface area contributed by atoms with Crippen LogP contribution in [0.25, 0.3) is 21.8 Å². The van der Waals surface area contributed by atoms with Gasteiger partial charge in [-0.15, -0.1) is 11.3 Å². The summed E-state index contributed by atoms with van der Waals surface area (Å²) in [6.45, 7) is 1.40. The minimum Gasteiger partial charge on any atom is -0.496 e. The number of rotatable bonds is 10. The van der Waals surface area contributed by atoms with E-state index in [1.807, 2.05) is 42.6 Å². The third-order valence-electron chi connectivity index (χ3n) is 6.68. The van der Waals surface area contributed by atoms with E-state index in [2.05, 4.69) is 10.3 Å². The van der Waals surface area contributed by atoms with Gasteiger partial charge in [-0.2, -0.15) is 0 Å². The number of nitrogens with one attached hydrogen (secondary N) is 1. The standard InChI is InChI=1S/C28H35N5O3S/c1-32(2)11-12-33(3)28(35)22-10-9-20(14-25(22)36-4)23-16-29-17-24(31-23)26-15-21(18-37-26)30-27(34)13-19-7-5-6-8-19/h9-10,14-19H,5-8,11-13H2,1-4H3,(H,30,34). The Kier molecular flexibility index (Phi) is 8.89. The zero-order valence-electron chi connectivity index (χ0n) is 22.0. The van der Waals surface area contributed by atoms with Crippen LogP contribution in [0.1, 0.15) is 42.5 Å². The minimum atomic E-state index is -0.0915. The Morgan fingerprint density at radius 3 is 2.57 bits per heavy atom. The zero-order valence-corrected chi connectivity index (χ0v) is 22.8. The van der Waals surface area contributed by atoms with Crippen LogP contribution in [0.4, 0.5) is 5.69 Å². The summed E-state index contributed by atoms with van der Waals surface area (Å²) in [7, 11) is 7.31. The Hall–Kier alpha value is -3.30. The summed E-state index contributed by atoms with van der Waals surface area (Å²) in [6, 6.07) is 7.41.